The van der Waals surface area contributed by atoms with E-state index in [0.29, 0.717) is 17.9 Å². The number of anilines is 2. The third-order valence-corrected chi connectivity index (χ3v) is 6.37. The fourth-order valence-corrected chi connectivity index (χ4v) is 4.56. The first-order valence-electron chi connectivity index (χ1n) is 11.0. The SMILES string of the molecule is CCN(C(=O)c1ccccc1OC)c1cc2c(cc1N1CCNCC1C)n(C)c(=O)n2C. The number of hydrogen-bond acceptors (Lipinski definition) is 5. The molecule has 4 rings (SSSR count). The van der Waals surface area contributed by atoms with Crippen LogP contribution in [0, 0.1) is 0 Å². The number of methoxy groups -OCH3 is 1. The van der Waals surface area contributed by atoms with Crippen molar-refractivity contribution in [2.24, 2.45) is 14.1 Å². The van der Waals surface area contributed by atoms with Gasteiger partial charge in [-0.15, -0.1) is 0 Å². The van der Waals surface area contributed by atoms with Crippen molar-refractivity contribution < 1.29 is 9.53 Å². The van der Waals surface area contributed by atoms with Crippen molar-refractivity contribution in [3.63, 3.8) is 0 Å². The third-order valence-electron chi connectivity index (χ3n) is 6.37. The molecule has 0 saturated carbocycles. The summed E-state index contributed by atoms with van der Waals surface area (Å²) in [6.07, 6.45) is 0. The molecule has 0 radical (unpaired) electrons. The molecule has 1 atom stereocenters. The molecule has 1 amide bonds. The molecular formula is C24H31N5O3. The molecule has 0 aliphatic carbocycles. The fraction of sp³-hybridized carbons (Fsp3) is 0.417. The number of fused-ring (bicyclic) bond motifs is 1. The van der Waals surface area contributed by atoms with Crippen molar-refractivity contribution in [3.8, 4) is 5.75 Å². The maximum absolute atomic E-state index is 13.7. The molecule has 0 spiro atoms. The van der Waals surface area contributed by atoms with E-state index in [4.69, 9.17) is 4.74 Å². The summed E-state index contributed by atoms with van der Waals surface area (Å²) in [5.41, 5.74) is 3.82. The number of amides is 1. The van der Waals surface area contributed by atoms with Crippen LogP contribution in [0.5, 0.6) is 5.75 Å². The summed E-state index contributed by atoms with van der Waals surface area (Å²) in [6.45, 7) is 7.16. The van der Waals surface area contributed by atoms with E-state index in [1.807, 2.05) is 31.2 Å². The number of benzene rings is 2. The Morgan fingerprint density at radius 3 is 2.53 bits per heavy atom. The monoisotopic (exact) mass is 437 g/mol. The van der Waals surface area contributed by atoms with Crippen LogP contribution in [-0.4, -0.2) is 54.4 Å². The molecule has 2 aromatic carbocycles. The zero-order valence-electron chi connectivity index (χ0n) is 19.4. The smallest absolute Gasteiger partial charge is 0.328 e. The lowest BCUT2D eigenvalue weighted by atomic mass is 10.1. The lowest BCUT2D eigenvalue weighted by Crippen LogP contribution is -2.50. The minimum Gasteiger partial charge on any atom is -0.496 e. The largest absolute Gasteiger partial charge is 0.496 e. The summed E-state index contributed by atoms with van der Waals surface area (Å²) in [6, 6.07) is 11.5. The van der Waals surface area contributed by atoms with E-state index < -0.39 is 0 Å². The first-order valence-corrected chi connectivity index (χ1v) is 11.0. The molecule has 1 aliphatic rings. The van der Waals surface area contributed by atoms with Crippen LogP contribution in [-0.2, 0) is 14.1 Å². The van der Waals surface area contributed by atoms with E-state index in [0.717, 1.165) is 42.0 Å². The topological polar surface area (TPSA) is 71.7 Å². The van der Waals surface area contributed by atoms with E-state index >= 15 is 0 Å². The highest BCUT2D eigenvalue weighted by Gasteiger charge is 2.28. The number of para-hydroxylation sites is 1. The second-order valence-electron chi connectivity index (χ2n) is 8.23. The Bertz CT molecular complexity index is 1210. The Balaban J connectivity index is 1.94. The minimum atomic E-state index is -0.130. The maximum atomic E-state index is 13.7. The van der Waals surface area contributed by atoms with Gasteiger partial charge in [0.25, 0.3) is 5.91 Å². The molecule has 8 nitrogen and oxygen atoms in total. The summed E-state index contributed by atoms with van der Waals surface area (Å²) < 4.78 is 8.74. The van der Waals surface area contributed by atoms with Crippen molar-refractivity contribution in [2.75, 3.05) is 43.1 Å². The summed E-state index contributed by atoms with van der Waals surface area (Å²) in [7, 11) is 5.12. The maximum Gasteiger partial charge on any atom is 0.328 e. The van der Waals surface area contributed by atoms with Gasteiger partial charge in [-0.1, -0.05) is 12.1 Å². The molecule has 32 heavy (non-hydrogen) atoms. The highest BCUT2D eigenvalue weighted by Crippen LogP contribution is 2.36. The van der Waals surface area contributed by atoms with E-state index in [9.17, 15) is 9.59 Å². The number of ether oxygens (including phenoxy) is 1. The Labute approximate surface area is 188 Å². The summed E-state index contributed by atoms with van der Waals surface area (Å²) >= 11 is 0. The zero-order valence-corrected chi connectivity index (χ0v) is 19.4. The van der Waals surface area contributed by atoms with Gasteiger partial charge in [0.1, 0.15) is 5.75 Å². The predicted molar refractivity (Wildman–Crippen MR) is 128 cm³/mol. The summed E-state index contributed by atoms with van der Waals surface area (Å²) in [5.74, 6) is 0.412. The lowest BCUT2D eigenvalue weighted by Gasteiger charge is -2.38. The molecule has 1 aliphatic heterocycles. The number of hydrogen-bond donors (Lipinski definition) is 1. The summed E-state index contributed by atoms with van der Waals surface area (Å²) in [4.78, 5) is 30.4. The molecule has 8 heteroatoms. The third kappa shape index (κ3) is 3.54. The standard InChI is InChI=1S/C24H31N5O3/c1-6-28(23(30)17-9-7-8-10-22(17)32-5)20-13-18-19(27(4)24(31)26(18)3)14-21(20)29-12-11-25-15-16(29)2/h7-10,13-14,16,25H,6,11-12,15H2,1-5H3. The first kappa shape index (κ1) is 22.0. The second-order valence-corrected chi connectivity index (χ2v) is 8.23. The van der Waals surface area contributed by atoms with Crippen LogP contribution >= 0.6 is 0 Å². The van der Waals surface area contributed by atoms with Crippen molar-refractivity contribution in [3.05, 3.63) is 52.4 Å². The molecule has 1 fully saturated rings. The minimum absolute atomic E-state index is 0.0874. The van der Waals surface area contributed by atoms with E-state index in [1.54, 1.807) is 47.4 Å². The van der Waals surface area contributed by atoms with Crippen molar-refractivity contribution in [2.45, 2.75) is 19.9 Å². The van der Waals surface area contributed by atoms with Gasteiger partial charge in [0.05, 0.1) is 35.1 Å². The molecule has 3 aromatic rings. The number of aromatic nitrogens is 2. The Morgan fingerprint density at radius 2 is 1.88 bits per heavy atom. The molecule has 0 bridgehead atoms. The van der Waals surface area contributed by atoms with Gasteiger partial charge in [0, 0.05) is 46.3 Å². The second kappa shape index (κ2) is 8.70. The van der Waals surface area contributed by atoms with Crippen LogP contribution in [0.2, 0.25) is 0 Å². The van der Waals surface area contributed by atoms with Crippen molar-refractivity contribution in [1.82, 2.24) is 14.5 Å². The molecular weight excluding hydrogens is 406 g/mol. The van der Waals surface area contributed by atoms with Crippen LogP contribution in [0.3, 0.4) is 0 Å². The van der Waals surface area contributed by atoms with Gasteiger partial charge < -0.3 is 19.9 Å². The van der Waals surface area contributed by atoms with Crippen molar-refractivity contribution >= 4 is 28.3 Å². The van der Waals surface area contributed by atoms with Crippen LogP contribution in [0.1, 0.15) is 24.2 Å². The molecule has 2 heterocycles. The number of aryl methyl sites for hydroxylation is 2. The van der Waals surface area contributed by atoms with Crippen LogP contribution in [0.15, 0.2) is 41.2 Å². The number of carbonyl (C=O) groups is 1. The zero-order chi connectivity index (χ0) is 23.0. The normalized spacial score (nSPS) is 16.4. The number of piperazine rings is 1. The molecule has 1 saturated heterocycles. The van der Waals surface area contributed by atoms with Gasteiger partial charge in [0.2, 0.25) is 0 Å². The number of nitrogens with zero attached hydrogens (tertiary/aromatic N) is 4. The Hall–Kier alpha value is -3.26. The molecule has 1 aromatic heterocycles. The quantitative estimate of drug-likeness (QED) is 0.664. The van der Waals surface area contributed by atoms with Gasteiger partial charge in [-0.25, -0.2) is 4.79 Å². The number of carbonyl (C=O) groups excluding carboxylic acids is 1. The van der Waals surface area contributed by atoms with Gasteiger partial charge in [-0.05, 0) is 38.1 Å². The highest BCUT2D eigenvalue weighted by atomic mass is 16.5. The highest BCUT2D eigenvalue weighted by molar-refractivity contribution is 6.10. The molecule has 1 N–H and O–H groups in total. The van der Waals surface area contributed by atoms with Crippen LogP contribution in [0.4, 0.5) is 11.4 Å². The Morgan fingerprint density at radius 1 is 1.19 bits per heavy atom. The Kier molecular flexibility index (Phi) is 5.97. The lowest BCUT2D eigenvalue weighted by molar-refractivity contribution is 0.0985. The van der Waals surface area contributed by atoms with Crippen LogP contribution < -0.4 is 25.5 Å². The fourth-order valence-electron chi connectivity index (χ4n) is 4.56. The number of imidazole rings is 1. The number of rotatable bonds is 5. The van der Waals surface area contributed by atoms with Gasteiger partial charge >= 0.3 is 5.69 Å². The number of nitrogens with one attached hydrogen (secondary N) is 1. The van der Waals surface area contributed by atoms with E-state index in [2.05, 4.69) is 17.1 Å². The average molecular weight is 438 g/mol. The van der Waals surface area contributed by atoms with Gasteiger partial charge in [-0.2, -0.15) is 0 Å². The molecule has 170 valence electrons. The summed E-state index contributed by atoms with van der Waals surface area (Å²) in [5, 5.41) is 3.42. The average Bonchev–Trinajstić information content (AvgIpc) is 3.02. The van der Waals surface area contributed by atoms with E-state index in [-0.39, 0.29) is 17.6 Å². The van der Waals surface area contributed by atoms with Gasteiger partial charge in [0.15, 0.2) is 0 Å². The molecule has 1 unspecified atom stereocenters. The van der Waals surface area contributed by atoms with Crippen LogP contribution in [0.25, 0.3) is 11.0 Å². The van der Waals surface area contributed by atoms with Gasteiger partial charge in [-0.3, -0.25) is 13.9 Å². The van der Waals surface area contributed by atoms with Crippen molar-refractivity contribution in [1.29, 1.82) is 0 Å². The predicted octanol–water partition coefficient (Wildman–Crippen LogP) is 2.35. The van der Waals surface area contributed by atoms with E-state index in [1.165, 1.54) is 0 Å². The first-order chi connectivity index (χ1) is 15.4.